The molecule has 13 heavy (non-hydrogen) atoms. The molecule has 0 saturated heterocycles. The molecule has 0 aliphatic heterocycles. The predicted octanol–water partition coefficient (Wildman–Crippen LogP) is 3.59. The maximum Gasteiger partial charge on any atom is -0.00232 e. The fourth-order valence-corrected chi connectivity index (χ4v) is 1.50. The fraction of sp³-hybridized carbons (Fsp3) is 1.00. The van der Waals surface area contributed by atoms with E-state index >= 15 is 0 Å². The summed E-state index contributed by atoms with van der Waals surface area (Å²) in [5, 5.41) is 3.53. The molecule has 1 nitrogen and oxygen atoms in total. The Morgan fingerprint density at radius 1 is 1.00 bits per heavy atom. The summed E-state index contributed by atoms with van der Waals surface area (Å²) in [7, 11) is 0. The third kappa shape index (κ3) is 9.88. The van der Waals surface area contributed by atoms with Gasteiger partial charge in [0.05, 0.1) is 0 Å². The van der Waals surface area contributed by atoms with Gasteiger partial charge in [0.1, 0.15) is 0 Å². The maximum atomic E-state index is 3.53. The van der Waals surface area contributed by atoms with E-state index < -0.39 is 0 Å². The number of nitrogens with one attached hydrogen (secondary N) is 1. The minimum Gasteiger partial charge on any atom is -0.316 e. The van der Waals surface area contributed by atoms with E-state index in [1.807, 2.05) is 0 Å². The van der Waals surface area contributed by atoms with Crippen LogP contribution in [0.1, 0.15) is 59.3 Å². The van der Waals surface area contributed by atoms with Gasteiger partial charge < -0.3 is 5.32 Å². The van der Waals surface area contributed by atoms with Crippen LogP contribution in [0.5, 0.6) is 0 Å². The zero-order valence-corrected chi connectivity index (χ0v) is 9.73. The Morgan fingerprint density at radius 2 is 1.69 bits per heavy atom. The molecule has 1 atom stereocenters. The molecular formula is C12H27N. The van der Waals surface area contributed by atoms with Crippen LogP contribution in [0.25, 0.3) is 0 Å². The van der Waals surface area contributed by atoms with Crippen molar-refractivity contribution < 1.29 is 0 Å². The van der Waals surface area contributed by atoms with Crippen molar-refractivity contribution in [2.45, 2.75) is 59.3 Å². The quantitative estimate of drug-likeness (QED) is 0.541. The van der Waals surface area contributed by atoms with Crippen molar-refractivity contribution in [2.24, 2.45) is 5.92 Å². The Hall–Kier alpha value is -0.0400. The molecule has 0 aromatic rings. The molecule has 0 aliphatic rings. The summed E-state index contributed by atoms with van der Waals surface area (Å²) in [5.74, 6) is 0.863. The normalized spacial score (nSPS) is 13.2. The van der Waals surface area contributed by atoms with Crippen molar-refractivity contribution in [1.82, 2.24) is 5.32 Å². The molecule has 1 heteroatoms. The van der Waals surface area contributed by atoms with E-state index in [2.05, 4.69) is 26.1 Å². The van der Waals surface area contributed by atoms with Crippen LogP contribution in [0.2, 0.25) is 0 Å². The first kappa shape index (κ1) is 13.0. The van der Waals surface area contributed by atoms with Gasteiger partial charge in [0.15, 0.2) is 0 Å². The van der Waals surface area contributed by atoms with E-state index in [1.54, 1.807) is 0 Å². The largest absolute Gasteiger partial charge is 0.316 e. The second kappa shape index (κ2) is 10.0. The van der Waals surface area contributed by atoms with Gasteiger partial charge in [-0.25, -0.2) is 0 Å². The summed E-state index contributed by atoms with van der Waals surface area (Å²) in [4.78, 5) is 0. The topological polar surface area (TPSA) is 12.0 Å². The van der Waals surface area contributed by atoms with Crippen LogP contribution in [0.4, 0.5) is 0 Å². The third-order valence-corrected chi connectivity index (χ3v) is 2.50. The van der Waals surface area contributed by atoms with Gasteiger partial charge in [0, 0.05) is 0 Å². The van der Waals surface area contributed by atoms with Crippen LogP contribution in [-0.4, -0.2) is 13.1 Å². The van der Waals surface area contributed by atoms with Crippen molar-refractivity contribution in [3.05, 3.63) is 0 Å². The Bertz CT molecular complexity index is 91.1. The monoisotopic (exact) mass is 185 g/mol. The van der Waals surface area contributed by atoms with Crippen LogP contribution in [0.15, 0.2) is 0 Å². The van der Waals surface area contributed by atoms with Crippen LogP contribution in [0, 0.1) is 5.92 Å². The molecule has 0 radical (unpaired) electrons. The zero-order chi connectivity index (χ0) is 9.94. The lowest BCUT2D eigenvalue weighted by Crippen LogP contribution is -2.22. The first-order valence-electron chi connectivity index (χ1n) is 6.02. The molecule has 1 unspecified atom stereocenters. The lowest BCUT2D eigenvalue weighted by Gasteiger charge is -2.11. The van der Waals surface area contributed by atoms with Crippen LogP contribution in [0.3, 0.4) is 0 Å². The van der Waals surface area contributed by atoms with Crippen LogP contribution in [-0.2, 0) is 0 Å². The summed E-state index contributed by atoms with van der Waals surface area (Å²) in [5.41, 5.74) is 0. The lowest BCUT2D eigenvalue weighted by atomic mass is 10.0. The van der Waals surface area contributed by atoms with E-state index in [9.17, 15) is 0 Å². The molecule has 1 N–H and O–H groups in total. The number of hydrogen-bond acceptors (Lipinski definition) is 1. The minimum absolute atomic E-state index is 0.863. The van der Waals surface area contributed by atoms with Crippen molar-refractivity contribution in [3.8, 4) is 0 Å². The summed E-state index contributed by atoms with van der Waals surface area (Å²) in [6.07, 6.45) is 8.15. The summed E-state index contributed by atoms with van der Waals surface area (Å²) >= 11 is 0. The van der Waals surface area contributed by atoms with Crippen molar-refractivity contribution >= 4 is 0 Å². The second-order valence-corrected chi connectivity index (χ2v) is 4.16. The van der Waals surface area contributed by atoms with Gasteiger partial charge in [0.2, 0.25) is 0 Å². The molecule has 0 bridgehead atoms. The van der Waals surface area contributed by atoms with Crippen LogP contribution < -0.4 is 5.32 Å². The molecule has 0 heterocycles. The van der Waals surface area contributed by atoms with E-state index in [4.69, 9.17) is 0 Å². The SMILES string of the molecule is CCCCCNCC(C)CCCC. The average molecular weight is 185 g/mol. The highest BCUT2D eigenvalue weighted by Gasteiger charge is 1.99. The number of hydrogen-bond donors (Lipinski definition) is 1. The first-order chi connectivity index (χ1) is 6.31. The van der Waals surface area contributed by atoms with Gasteiger partial charge in [0.25, 0.3) is 0 Å². The van der Waals surface area contributed by atoms with Crippen molar-refractivity contribution in [1.29, 1.82) is 0 Å². The van der Waals surface area contributed by atoms with Crippen LogP contribution >= 0.6 is 0 Å². The molecular weight excluding hydrogens is 158 g/mol. The molecule has 0 aromatic carbocycles. The highest BCUT2D eigenvalue weighted by Crippen LogP contribution is 2.05. The van der Waals surface area contributed by atoms with Crippen molar-refractivity contribution in [3.63, 3.8) is 0 Å². The molecule has 0 aromatic heterocycles. The molecule has 0 spiro atoms. The fourth-order valence-electron chi connectivity index (χ4n) is 1.50. The molecule has 0 rings (SSSR count). The Morgan fingerprint density at radius 3 is 2.31 bits per heavy atom. The summed E-state index contributed by atoms with van der Waals surface area (Å²) in [6.45, 7) is 9.29. The van der Waals surface area contributed by atoms with E-state index in [-0.39, 0.29) is 0 Å². The highest BCUT2D eigenvalue weighted by atomic mass is 14.8. The molecule has 0 saturated carbocycles. The minimum atomic E-state index is 0.863. The standard InChI is InChI=1S/C12H27N/c1-4-6-8-10-13-11-12(3)9-7-5-2/h12-13H,4-11H2,1-3H3. The summed E-state index contributed by atoms with van der Waals surface area (Å²) in [6, 6.07) is 0. The third-order valence-electron chi connectivity index (χ3n) is 2.50. The predicted molar refractivity (Wildman–Crippen MR) is 61.1 cm³/mol. The first-order valence-corrected chi connectivity index (χ1v) is 6.02. The van der Waals surface area contributed by atoms with Gasteiger partial charge in [-0.1, -0.05) is 46.5 Å². The Balaban J connectivity index is 3.03. The molecule has 0 aliphatic carbocycles. The average Bonchev–Trinajstić information content (AvgIpc) is 2.14. The van der Waals surface area contributed by atoms with Crippen molar-refractivity contribution in [2.75, 3.05) is 13.1 Å². The molecule has 0 fully saturated rings. The van der Waals surface area contributed by atoms with Gasteiger partial charge in [-0.2, -0.15) is 0 Å². The number of rotatable bonds is 9. The Kier molecular flexibility index (Phi) is 10.0. The van der Waals surface area contributed by atoms with Gasteiger partial charge >= 0.3 is 0 Å². The van der Waals surface area contributed by atoms with E-state index in [0.29, 0.717) is 0 Å². The van der Waals surface area contributed by atoms with Gasteiger partial charge in [-0.15, -0.1) is 0 Å². The van der Waals surface area contributed by atoms with E-state index in [1.165, 1.54) is 51.6 Å². The highest BCUT2D eigenvalue weighted by molar-refractivity contribution is 4.57. The maximum absolute atomic E-state index is 3.53. The van der Waals surface area contributed by atoms with Gasteiger partial charge in [-0.3, -0.25) is 0 Å². The lowest BCUT2D eigenvalue weighted by molar-refractivity contribution is 0.459. The molecule has 0 amide bonds. The Labute approximate surface area is 84.3 Å². The second-order valence-electron chi connectivity index (χ2n) is 4.16. The van der Waals surface area contributed by atoms with Gasteiger partial charge in [-0.05, 0) is 31.8 Å². The number of unbranched alkanes of at least 4 members (excludes halogenated alkanes) is 3. The zero-order valence-electron chi connectivity index (χ0n) is 9.73. The smallest absolute Gasteiger partial charge is 0.00232 e. The van der Waals surface area contributed by atoms with E-state index in [0.717, 1.165) is 5.92 Å². The summed E-state index contributed by atoms with van der Waals surface area (Å²) < 4.78 is 0. The molecule has 80 valence electrons.